The molecule has 106 valence electrons. The van der Waals surface area contributed by atoms with Crippen LogP contribution in [0.4, 0.5) is 5.82 Å². The molecule has 3 nitrogen and oxygen atoms in total. The molecule has 20 heavy (non-hydrogen) atoms. The van der Waals surface area contributed by atoms with E-state index in [2.05, 4.69) is 24.9 Å². The van der Waals surface area contributed by atoms with E-state index in [1.807, 2.05) is 30.9 Å². The van der Waals surface area contributed by atoms with E-state index in [4.69, 9.17) is 11.6 Å². The summed E-state index contributed by atoms with van der Waals surface area (Å²) in [7, 11) is 0. The minimum absolute atomic E-state index is 0.459. The third-order valence-corrected chi connectivity index (χ3v) is 3.89. The predicted molar refractivity (Wildman–Crippen MR) is 85.0 cm³/mol. The van der Waals surface area contributed by atoms with Crippen LogP contribution in [-0.2, 0) is 0 Å². The molecule has 1 aromatic heterocycles. The number of pyridine rings is 1. The molecule has 4 heteroatoms. The molecule has 0 amide bonds. The Balaban J connectivity index is 2.75. The zero-order valence-electron chi connectivity index (χ0n) is 12.3. The summed E-state index contributed by atoms with van der Waals surface area (Å²) < 4.78 is 0. The van der Waals surface area contributed by atoms with Gasteiger partial charge in [0.25, 0.3) is 5.24 Å². The molecule has 0 aliphatic carbocycles. The van der Waals surface area contributed by atoms with Crippen LogP contribution in [-0.4, -0.2) is 23.3 Å². The Morgan fingerprint density at radius 2 is 1.75 bits per heavy atom. The highest BCUT2D eigenvalue weighted by molar-refractivity contribution is 6.68. The second-order valence-corrected chi connectivity index (χ2v) is 5.28. The quantitative estimate of drug-likeness (QED) is 0.796. The van der Waals surface area contributed by atoms with Crippen LogP contribution in [0.2, 0.25) is 0 Å². The van der Waals surface area contributed by atoms with Crippen LogP contribution in [0, 0.1) is 13.8 Å². The average Bonchev–Trinajstić information content (AvgIpc) is 2.41. The SMILES string of the molecule is CCN(CC)c1nc2cc(C)c(C)cc2cc1C(=O)Cl. The van der Waals surface area contributed by atoms with Crippen LogP contribution >= 0.6 is 11.6 Å². The van der Waals surface area contributed by atoms with Gasteiger partial charge in [0.15, 0.2) is 0 Å². The summed E-state index contributed by atoms with van der Waals surface area (Å²) in [4.78, 5) is 18.4. The molecule has 2 rings (SSSR count). The third kappa shape index (κ3) is 2.63. The standard InChI is InChI=1S/C16H19ClN2O/c1-5-19(6-2)16-13(15(17)20)9-12-7-10(3)11(4)8-14(12)18-16/h7-9H,5-6H2,1-4H3. The summed E-state index contributed by atoms with van der Waals surface area (Å²) in [5.74, 6) is 0.672. The number of hydrogen-bond acceptors (Lipinski definition) is 3. The monoisotopic (exact) mass is 290 g/mol. The molecule has 2 aromatic rings. The number of benzene rings is 1. The molecular formula is C16H19ClN2O. The van der Waals surface area contributed by atoms with Gasteiger partial charge in [0.1, 0.15) is 5.82 Å². The van der Waals surface area contributed by atoms with E-state index < -0.39 is 5.24 Å². The van der Waals surface area contributed by atoms with Crippen LogP contribution in [0.5, 0.6) is 0 Å². The van der Waals surface area contributed by atoms with Crippen LogP contribution in [0.15, 0.2) is 18.2 Å². The summed E-state index contributed by atoms with van der Waals surface area (Å²) in [6.45, 7) is 9.77. The fourth-order valence-electron chi connectivity index (χ4n) is 2.34. The van der Waals surface area contributed by atoms with Gasteiger partial charge in [0, 0.05) is 18.5 Å². The first-order valence-corrected chi connectivity index (χ1v) is 7.22. The van der Waals surface area contributed by atoms with E-state index in [1.54, 1.807) is 0 Å². The Labute approximate surface area is 124 Å². The first kappa shape index (κ1) is 14.8. The van der Waals surface area contributed by atoms with E-state index in [0.29, 0.717) is 11.4 Å². The maximum Gasteiger partial charge on any atom is 0.256 e. The molecule has 1 aromatic carbocycles. The Hall–Kier alpha value is -1.61. The first-order chi connectivity index (χ1) is 9.47. The van der Waals surface area contributed by atoms with Gasteiger partial charge >= 0.3 is 0 Å². The van der Waals surface area contributed by atoms with Crippen molar-refractivity contribution in [1.82, 2.24) is 4.98 Å². The molecular weight excluding hydrogens is 272 g/mol. The molecule has 0 spiro atoms. The van der Waals surface area contributed by atoms with Gasteiger partial charge in [0.05, 0.1) is 11.1 Å². The number of carbonyl (C=O) groups is 1. The second-order valence-electron chi connectivity index (χ2n) is 4.93. The maximum atomic E-state index is 11.7. The van der Waals surface area contributed by atoms with E-state index >= 15 is 0 Å². The summed E-state index contributed by atoms with van der Waals surface area (Å²) >= 11 is 5.73. The van der Waals surface area contributed by atoms with E-state index in [9.17, 15) is 4.79 Å². The normalized spacial score (nSPS) is 10.8. The van der Waals surface area contributed by atoms with Crippen LogP contribution in [0.25, 0.3) is 10.9 Å². The van der Waals surface area contributed by atoms with Gasteiger partial charge < -0.3 is 4.90 Å². The second kappa shape index (κ2) is 5.80. The Morgan fingerprint density at radius 3 is 2.30 bits per heavy atom. The highest BCUT2D eigenvalue weighted by atomic mass is 35.5. The van der Waals surface area contributed by atoms with Gasteiger partial charge in [-0.1, -0.05) is 0 Å². The number of aromatic nitrogens is 1. The van der Waals surface area contributed by atoms with Crippen molar-refractivity contribution in [3.63, 3.8) is 0 Å². The average molecular weight is 291 g/mol. The lowest BCUT2D eigenvalue weighted by molar-refractivity contribution is 0.108. The van der Waals surface area contributed by atoms with E-state index in [0.717, 1.165) is 24.0 Å². The largest absolute Gasteiger partial charge is 0.357 e. The zero-order valence-corrected chi connectivity index (χ0v) is 13.1. The van der Waals surface area contributed by atoms with Crippen molar-refractivity contribution >= 4 is 33.6 Å². The van der Waals surface area contributed by atoms with Crippen LogP contribution in [0.1, 0.15) is 35.3 Å². The number of nitrogens with zero attached hydrogens (tertiary/aromatic N) is 2. The highest BCUT2D eigenvalue weighted by Gasteiger charge is 2.17. The van der Waals surface area contributed by atoms with Crippen molar-refractivity contribution in [2.75, 3.05) is 18.0 Å². The maximum absolute atomic E-state index is 11.7. The van der Waals surface area contributed by atoms with E-state index in [-0.39, 0.29) is 0 Å². The lowest BCUT2D eigenvalue weighted by atomic mass is 10.0. The van der Waals surface area contributed by atoms with Crippen molar-refractivity contribution in [2.24, 2.45) is 0 Å². The van der Waals surface area contributed by atoms with Gasteiger partial charge in [-0.15, -0.1) is 0 Å². The number of hydrogen-bond donors (Lipinski definition) is 0. The van der Waals surface area contributed by atoms with E-state index in [1.165, 1.54) is 11.1 Å². The number of rotatable bonds is 4. The Bertz CT molecular complexity index is 663. The summed E-state index contributed by atoms with van der Waals surface area (Å²) in [6, 6.07) is 5.95. The third-order valence-electron chi connectivity index (χ3n) is 3.68. The fourth-order valence-corrected chi connectivity index (χ4v) is 2.48. The molecule has 0 N–H and O–H groups in total. The van der Waals surface area contributed by atoms with Gasteiger partial charge in [0.2, 0.25) is 0 Å². The molecule has 0 fully saturated rings. The number of anilines is 1. The van der Waals surface area contributed by atoms with Crippen molar-refractivity contribution in [3.8, 4) is 0 Å². The molecule has 0 saturated heterocycles. The molecule has 0 atom stereocenters. The molecule has 0 radical (unpaired) electrons. The van der Waals surface area contributed by atoms with Crippen molar-refractivity contribution in [2.45, 2.75) is 27.7 Å². The number of aryl methyl sites for hydroxylation is 2. The number of fused-ring (bicyclic) bond motifs is 1. The lowest BCUT2D eigenvalue weighted by Crippen LogP contribution is -2.25. The highest BCUT2D eigenvalue weighted by Crippen LogP contribution is 2.27. The summed E-state index contributed by atoms with van der Waals surface area (Å²) in [5, 5.41) is 0.493. The van der Waals surface area contributed by atoms with Crippen molar-refractivity contribution in [3.05, 3.63) is 34.9 Å². The smallest absolute Gasteiger partial charge is 0.256 e. The first-order valence-electron chi connectivity index (χ1n) is 6.84. The summed E-state index contributed by atoms with van der Waals surface area (Å²) in [6.07, 6.45) is 0. The molecule has 0 saturated carbocycles. The lowest BCUT2D eigenvalue weighted by Gasteiger charge is -2.22. The predicted octanol–water partition coefficient (Wildman–Crippen LogP) is 4.08. The molecule has 0 aliphatic heterocycles. The van der Waals surface area contributed by atoms with Gasteiger partial charge in [-0.2, -0.15) is 0 Å². The van der Waals surface area contributed by atoms with Crippen LogP contribution < -0.4 is 4.90 Å². The van der Waals surface area contributed by atoms with Crippen molar-refractivity contribution in [1.29, 1.82) is 0 Å². The van der Waals surface area contributed by atoms with Gasteiger partial charge in [-0.3, -0.25) is 4.79 Å². The Kier molecular flexibility index (Phi) is 4.29. The minimum atomic E-state index is -0.459. The zero-order chi connectivity index (χ0) is 14.9. The minimum Gasteiger partial charge on any atom is -0.357 e. The topological polar surface area (TPSA) is 33.2 Å². The fraction of sp³-hybridized carbons (Fsp3) is 0.375. The molecule has 0 aliphatic rings. The number of halogens is 1. The summed E-state index contributed by atoms with van der Waals surface area (Å²) in [5.41, 5.74) is 3.76. The molecule has 0 bridgehead atoms. The molecule has 1 heterocycles. The number of carbonyl (C=O) groups excluding carboxylic acids is 1. The molecule has 0 unspecified atom stereocenters. The Morgan fingerprint density at radius 1 is 1.15 bits per heavy atom. The van der Waals surface area contributed by atoms with Crippen molar-refractivity contribution < 1.29 is 4.79 Å². The van der Waals surface area contributed by atoms with Crippen LogP contribution in [0.3, 0.4) is 0 Å². The van der Waals surface area contributed by atoms with Gasteiger partial charge in [-0.05, 0) is 68.6 Å². The van der Waals surface area contributed by atoms with Gasteiger partial charge in [-0.25, -0.2) is 4.98 Å².